The molecule has 0 unspecified atom stereocenters. The molecular weight excluding hydrogens is 368 g/mol. The zero-order valence-corrected chi connectivity index (χ0v) is 16.9. The van der Waals surface area contributed by atoms with Crippen molar-refractivity contribution in [2.45, 2.75) is 44.6 Å². The minimum atomic E-state index is -0.919. The van der Waals surface area contributed by atoms with E-state index in [1.54, 1.807) is 0 Å². The van der Waals surface area contributed by atoms with Gasteiger partial charge in [-0.05, 0) is 74.3 Å². The summed E-state index contributed by atoms with van der Waals surface area (Å²) in [5.41, 5.74) is 2.27. The van der Waals surface area contributed by atoms with Crippen molar-refractivity contribution < 1.29 is 24.1 Å². The third-order valence-electron chi connectivity index (χ3n) is 6.39. The number of fused-ring (bicyclic) bond motifs is 3. The molecule has 5 nitrogen and oxygen atoms in total. The first-order chi connectivity index (χ1) is 14.0. The topological polar surface area (TPSA) is 65.0 Å². The van der Waals surface area contributed by atoms with Crippen molar-refractivity contribution in [3.05, 3.63) is 59.7 Å². The summed E-state index contributed by atoms with van der Waals surface area (Å²) in [5, 5.41) is 8.71. The van der Waals surface area contributed by atoms with Crippen molar-refractivity contribution >= 4 is 5.97 Å². The van der Waals surface area contributed by atoms with Crippen LogP contribution in [0.4, 0.5) is 0 Å². The van der Waals surface area contributed by atoms with Crippen LogP contribution in [0, 0.1) is 12.3 Å². The lowest BCUT2D eigenvalue weighted by molar-refractivity contribution is -0.194. The van der Waals surface area contributed by atoms with E-state index in [4.69, 9.17) is 19.3 Å². The molecule has 2 aromatic rings. The number of carboxylic acid groups (broad SMARTS) is 1. The second-order valence-electron chi connectivity index (χ2n) is 8.42. The number of benzene rings is 2. The maximum absolute atomic E-state index is 10.6. The molecule has 154 valence electrons. The smallest absolute Gasteiger partial charge is 0.329 e. The fraction of sp³-hybridized carbons (Fsp3) is 0.458. The van der Waals surface area contributed by atoms with Crippen LogP contribution in [0.15, 0.2) is 48.5 Å². The first-order valence-corrected chi connectivity index (χ1v) is 10.3. The van der Waals surface area contributed by atoms with E-state index in [9.17, 15) is 4.79 Å². The zero-order chi connectivity index (χ0) is 20.3. The van der Waals surface area contributed by atoms with Gasteiger partial charge in [-0.1, -0.05) is 29.8 Å². The SMILES string of the molecule is Cc1ccc(Oc2cccc(C34CCC(CCOCC(=O)O)(CC3)CO4)c2)cc1. The van der Waals surface area contributed by atoms with Gasteiger partial charge in [-0.3, -0.25) is 0 Å². The maximum Gasteiger partial charge on any atom is 0.329 e. The van der Waals surface area contributed by atoms with E-state index in [0.717, 1.165) is 43.6 Å². The summed E-state index contributed by atoms with van der Waals surface area (Å²) in [5.74, 6) is 0.741. The summed E-state index contributed by atoms with van der Waals surface area (Å²) >= 11 is 0. The molecule has 1 N–H and O–H groups in total. The Balaban J connectivity index is 1.40. The number of aliphatic carboxylic acids is 1. The van der Waals surface area contributed by atoms with Crippen LogP contribution in [0.1, 0.15) is 43.2 Å². The summed E-state index contributed by atoms with van der Waals surface area (Å²) in [6.07, 6.45) is 4.95. The number of aryl methyl sites for hydroxylation is 1. The van der Waals surface area contributed by atoms with Gasteiger partial charge in [0, 0.05) is 6.61 Å². The molecule has 2 heterocycles. The van der Waals surface area contributed by atoms with E-state index in [1.807, 2.05) is 36.4 Å². The normalized spacial score (nSPS) is 25.7. The highest BCUT2D eigenvalue weighted by molar-refractivity contribution is 5.67. The molecular formula is C24H28O5. The van der Waals surface area contributed by atoms with E-state index >= 15 is 0 Å². The van der Waals surface area contributed by atoms with Crippen LogP contribution in [0.25, 0.3) is 0 Å². The van der Waals surface area contributed by atoms with Gasteiger partial charge in [-0.25, -0.2) is 4.79 Å². The van der Waals surface area contributed by atoms with Gasteiger partial charge < -0.3 is 19.3 Å². The van der Waals surface area contributed by atoms with Crippen molar-refractivity contribution in [3.63, 3.8) is 0 Å². The minimum absolute atomic E-state index is 0.121. The number of hydrogen-bond donors (Lipinski definition) is 1. The van der Waals surface area contributed by atoms with Crippen molar-refractivity contribution in [1.82, 2.24) is 0 Å². The Hall–Kier alpha value is -2.37. The molecule has 0 aromatic heterocycles. The van der Waals surface area contributed by atoms with Crippen LogP contribution in [0.2, 0.25) is 0 Å². The van der Waals surface area contributed by atoms with Crippen LogP contribution >= 0.6 is 0 Å². The Bertz CT molecular complexity index is 833. The first-order valence-electron chi connectivity index (χ1n) is 10.3. The van der Waals surface area contributed by atoms with E-state index in [0.29, 0.717) is 13.2 Å². The maximum atomic E-state index is 10.6. The molecule has 0 amide bonds. The van der Waals surface area contributed by atoms with E-state index in [1.165, 1.54) is 11.1 Å². The predicted molar refractivity (Wildman–Crippen MR) is 109 cm³/mol. The van der Waals surface area contributed by atoms with Crippen LogP contribution < -0.4 is 4.74 Å². The largest absolute Gasteiger partial charge is 0.480 e. The van der Waals surface area contributed by atoms with Gasteiger partial charge in [0.15, 0.2) is 0 Å². The van der Waals surface area contributed by atoms with E-state index < -0.39 is 5.97 Å². The summed E-state index contributed by atoms with van der Waals surface area (Å²) in [6.45, 7) is 3.01. The molecule has 1 saturated carbocycles. The number of carbonyl (C=O) groups is 1. The molecule has 0 spiro atoms. The molecule has 3 aliphatic rings. The van der Waals surface area contributed by atoms with Crippen molar-refractivity contribution in [3.8, 4) is 11.5 Å². The Labute approximate surface area is 171 Å². The van der Waals surface area contributed by atoms with Crippen LogP contribution in [-0.4, -0.2) is 30.9 Å². The Morgan fingerprint density at radius 1 is 1.07 bits per heavy atom. The van der Waals surface area contributed by atoms with Crippen LogP contribution in [0.3, 0.4) is 0 Å². The quantitative estimate of drug-likeness (QED) is 0.632. The molecule has 3 fully saturated rings. The third-order valence-corrected chi connectivity index (χ3v) is 6.39. The van der Waals surface area contributed by atoms with Crippen molar-refractivity contribution in [2.75, 3.05) is 19.8 Å². The molecule has 0 radical (unpaired) electrons. The molecule has 2 bridgehead atoms. The molecule has 0 atom stereocenters. The summed E-state index contributed by atoms with van der Waals surface area (Å²) in [6, 6.07) is 16.3. The third kappa shape index (κ3) is 4.46. The Morgan fingerprint density at radius 2 is 1.83 bits per heavy atom. The lowest BCUT2D eigenvalue weighted by Crippen LogP contribution is -2.49. The Morgan fingerprint density at radius 3 is 2.48 bits per heavy atom. The lowest BCUT2D eigenvalue weighted by atomic mass is 9.63. The average molecular weight is 396 g/mol. The molecule has 5 heteroatoms. The summed E-state index contributed by atoms with van der Waals surface area (Å²) in [4.78, 5) is 10.6. The molecule has 2 aliphatic heterocycles. The lowest BCUT2D eigenvalue weighted by Gasteiger charge is -2.53. The van der Waals surface area contributed by atoms with Crippen LogP contribution in [0.5, 0.6) is 11.5 Å². The molecule has 5 rings (SSSR count). The number of carboxylic acids is 1. The van der Waals surface area contributed by atoms with Crippen molar-refractivity contribution in [2.24, 2.45) is 5.41 Å². The summed E-state index contributed by atoms with van der Waals surface area (Å²) in [7, 11) is 0. The second kappa shape index (κ2) is 8.17. The minimum Gasteiger partial charge on any atom is -0.480 e. The Kier molecular flexibility index (Phi) is 5.61. The van der Waals surface area contributed by atoms with Gasteiger partial charge in [0.25, 0.3) is 0 Å². The second-order valence-corrected chi connectivity index (χ2v) is 8.42. The molecule has 1 aliphatic carbocycles. The summed E-state index contributed by atoms with van der Waals surface area (Å²) < 4.78 is 17.7. The van der Waals surface area contributed by atoms with Crippen LogP contribution in [-0.2, 0) is 19.9 Å². The van der Waals surface area contributed by atoms with Gasteiger partial charge in [-0.15, -0.1) is 0 Å². The highest BCUT2D eigenvalue weighted by Gasteiger charge is 2.50. The number of rotatable bonds is 8. The first kappa shape index (κ1) is 19.9. The molecule has 2 saturated heterocycles. The van der Waals surface area contributed by atoms with E-state index in [-0.39, 0.29) is 17.6 Å². The fourth-order valence-corrected chi connectivity index (χ4v) is 4.49. The van der Waals surface area contributed by atoms with Gasteiger partial charge >= 0.3 is 5.97 Å². The predicted octanol–water partition coefficient (Wildman–Crippen LogP) is 5.06. The standard InChI is InChI=1S/C24H28O5/c1-18-5-7-20(8-6-18)29-21-4-2-3-19(15-21)24-11-9-23(10-12-24,17-28-24)13-14-27-16-22(25)26/h2-8,15H,9-14,16-17H2,1H3,(H,25,26). The van der Waals surface area contributed by atoms with Gasteiger partial charge in [0.1, 0.15) is 18.1 Å². The van der Waals surface area contributed by atoms with Gasteiger partial charge in [0.05, 0.1) is 12.2 Å². The highest BCUT2D eigenvalue weighted by Crippen LogP contribution is 2.55. The fourth-order valence-electron chi connectivity index (χ4n) is 4.49. The zero-order valence-electron chi connectivity index (χ0n) is 16.9. The number of hydrogen-bond acceptors (Lipinski definition) is 4. The number of ether oxygens (including phenoxy) is 3. The highest BCUT2D eigenvalue weighted by atomic mass is 16.5. The average Bonchev–Trinajstić information content (AvgIpc) is 2.74. The van der Waals surface area contributed by atoms with Crippen molar-refractivity contribution in [1.29, 1.82) is 0 Å². The van der Waals surface area contributed by atoms with E-state index in [2.05, 4.69) is 19.1 Å². The molecule has 29 heavy (non-hydrogen) atoms. The monoisotopic (exact) mass is 396 g/mol. The van der Waals surface area contributed by atoms with Gasteiger partial charge in [0.2, 0.25) is 0 Å². The molecule has 2 aromatic carbocycles. The van der Waals surface area contributed by atoms with Gasteiger partial charge in [-0.2, -0.15) is 0 Å².